The highest BCUT2D eigenvalue weighted by Crippen LogP contribution is 2.18. The monoisotopic (exact) mass is 288 g/mol. The fourth-order valence-corrected chi connectivity index (χ4v) is 2.36. The van der Waals surface area contributed by atoms with Crippen molar-refractivity contribution in [3.05, 3.63) is 53.2 Å². The molecule has 0 saturated heterocycles. The Balaban J connectivity index is 2.17. The molecule has 0 saturated carbocycles. The predicted octanol–water partition coefficient (Wildman–Crippen LogP) is 2.96. The van der Waals surface area contributed by atoms with Crippen LogP contribution < -0.4 is 5.32 Å². The lowest BCUT2D eigenvalue weighted by Gasteiger charge is -2.11. The number of nitrogens with one attached hydrogen (secondary N) is 1. The SMILES string of the molecule is CSCc1cc(F)ccc1CNc1nccnc1C#N. The van der Waals surface area contributed by atoms with Crippen LogP contribution in [0, 0.1) is 17.1 Å². The highest BCUT2D eigenvalue weighted by atomic mass is 32.2. The second-order valence-electron chi connectivity index (χ2n) is 4.06. The minimum atomic E-state index is -0.241. The number of thioether (sulfide) groups is 1. The van der Waals surface area contributed by atoms with Crippen molar-refractivity contribution < 1.29 is 4.39 Å². The average Bonchev–Trinajstić information content (AvgIpc) is 2.47. The van der Waals surface area contributed by atoms with E-state index in [9.17, 15) is 4.39 Å². The van der Waals surface area contributed by atoms with E-state index < -0.39 is 0 Å². The number of hydrogen-bond donors (Lipinski definition) is 1. The molecule has 1 aromatic carbocycles. The maximum absolute atomic E-state index is 13.3. The average molecular weight is 288 g/mol. The molecule has 0 amide bonds. The first kappa shape index (κ1) is 14.3. The molecule has 1 aromatic heterocycles. The highest BCUT2D eigenvalue weighted by Gasteiger charge is 2.07. The van der Waals surface area contributed by atoms with E-state index in [2.05, 4.69) is 15.3 Å². The molecule has 0 aliphatic heterocycles. The molecule has 0 atom stereocenters. The zero-order valence-corrected chi connectivity index (χ0v) is 11.7. The minimum Gasteiger partial charge on any atom is -0.364 e. The van der Waals surface area contributed by atoms with E-state index in [0.717, 1.165) is 16.9 Å². The molecule has 1 N–H and O–H groups in total. The van der Waals surface area contributed by atoms with Gasteiger partial charge in [-0.1, -0.05) is 6.07 Å². The molecule has 2 rings (SSSR count). The Morgan fingerprint density at radius 1 is 1.30 bits per heavy atom. The molecule has 1 heterocycles. The van der Waals surface area contributed by atoms with E-state index in [1.807, 2.05) is 12.3 Å². The van der Waals surface area contributed by atoms with Gasteiger partial charge in [0.2, 0.25) is 0 Å². The maximum atomic E-state index is 13.3. The fraction of sp³-hybridized carbons (Fsp3) is 0.214. The molecule has 0 aliphatic rings. The van der Waals surface area contributed by atoms with Gasteiger partial charge in [0.15, 0.2) is 11.5 Å². The molecule has 0 fully saturated rings. The van der Waals surface area contributed by atoms with Crippen molar-refractivity contribution in [2.24, 2.45) is 0 Å². The lowest BCUT2D eigenvalue weighted by atomic mass is 10.1. The van der Waals surface area contributed by atoms with E-state index in [0.29, 0.717) is 12.4 Å². The lowest BCUT2D eigenvalue weighted by Crippen LogP contribution is -2.06. The van der Waals surface area contributed by atoms with Gasteiger partial charge in [0, 0.05) is 24.7 Å². The number of hydrogen-bond acceptors (Lipinski definition) is 5. The highest BCUT2D eigenvalue weighted by molar-refractivity contribution is 7.97. The van der Waals surface area contributed by atoms with Crippen LogP contribution in [0.25, 0.3) is 0 Å². The van der Waals surface area contributed by atoms with Gasteiger partial charge in [0.25, 0.3) is 0 Å². The lowest BCUT2D eigenvalue weighted by molar-refractivity contribution is 0.625. The molecule has 0 spiro atoms. The van der Waals surface area contributed by atoms with Gasteiger partial charge in [-0.05, 0) is 29.5 Å². The zero-order valence-electron chi connectivity index (χ0n) is 10.9. The third-order valence-electron chi connectivity index (χ3n) is 2.72. The van der Waals surface area contributed by atoms with Crippen molar-refractivity contribution in [2.75, 3.05) is 11.6 Å². The number of rotatable bonds is 5. The summed E-state index contributed by atoms with van der Waals surface area (Å²) < 4.78 is 13.3. The third-order valence-corrected chi connectivity index (χ3v) is 3.32. The largest absolute Gasteiger partial charge is 0.364 e. The predicted molar refractivity (Wildman–Crippen MR) is 77.7 cm³/mol. The normalized spacial score (nSPS) is 10.1. The van der Waals surface area contributed by atoms with E-state index in [1.165, 1.54) is 24.5 Å². The molecule has 4 nitrogen and oxygen atoms in total. The molecule has 6 heteroatoms. The Morgan fingerprint density at radius 2 is 2.10 bits per heavy atom. The van der Waals surface area contributed by atoms with Gasteiger partial charge in [0.05, 0.1) is 0 Å². The van der Waals surface area contributed by atoms with Gasteiger partial charge < -0.3 is 5.32 Å². The topological polar surface area (TPSA) is 61.6 Å². The summed E-state index contributed by atoms with van der Waals surface area (Å²) in [5, 5.41) is 12.0. The minimum absolute atomic E-state index is 0.241. The summed E-state index contributed by atoms with van der Waals surface area (Å²) in [4.78, 5) is 8.01. The van der Waals surface area contributed by atoms with Crippen molar-refractivity contribution in [1.29, 1.82) is 5.26 Å². The van der Waals surface area contributed by atoms with Gasteiger partial charge >= 0.3 is 0 Å². The first-order valence-corrected chi connectivity index (χ1v) is 7.35. The second kappa shape index (κ2) is 6.87. The Morgan fingerprint density at radius 3 is 2.85 bits per heavy atom. The van der Waals surface area contributed by atoms with Gasteiger partial charge in [-0.2, -0.15) is 17.0 Å². The van der Waals surface area contributed by atoms with E-state index >= 15 is 0 Å². The summed E-state index contributed by atoms with van der Waals surface area (Å²) in [6.07, 6.45) is 4.97. The van der Waals surface area contributed by atoms with Crippen LogP contribution in [0.3, 0.4) is 0 Å². The molecule has 2 aromatic rings. The summed E-state index contributed by atoms with van der Waals surface area (Å²) in [7, 11) is 0. The Bertz CT molecular complexity index is 639. The van der Waals surface area contributed by atoms with Crippen LogP contribution in [0.15, 0.2) is 30.6 Å². The van der Waals surface area contributed by atoms with Crippen LogP contribution in [0.2, 0.25) is 0 Å². The summed E-state index contributed by atoms with van der Waals surface area (Å²) in [5.41, 5.74) is 2.17. The van der Waals surface area contributed by atoms with Crippen molar-refractivity contribution in [3.8, 4) is 6.07 Å². The van der Waals surface area contributed by atoms with Gasteiger partial charge in [-0.25, -0.2) is 14.4 Å². The van der Waals surface area contributed by atoms with Crippen molar-refractivity contribution in [1.82, 2.24) is 9.97 Å². The summed E-state index contributed by atoms with van der Waals surface area (Å²) in [5.74, 6) is 0.935. The summed E-state index contributed by atoms with van der Waals surface area (Å²) in [6.45, 7) is 0.476. The molecule has 102 valence electrons. The maximum Gasteiger partial charge on any atom is 0.182 e. The molecule has 20 heavy (non-hydrogen) atoms. The molecular weight excluding hydrogens is 275 g/mol. The van der Waals surface area contributed by atoms with Gasteiger partial charge in [-0.15, -0.1) is 0 Å². The summed E-state index contributed by atoms with van der Waals surface area (Å²) in [6, 6.07) is 6.70. The summed E-state index contributed by atoms with van der Waals surface area (Å²) >= 11 is 1.63. The Hall–Kier alpha value is -2.13. The van der Waals surface area contributed by atoms with E-state index in [1.54, 1.807) is 17.8 Å². The van der Waals surface area contributed by atoms with Crippen LogP contribution in [0.5, 0.6) is 0 Å². The Labute approximate surface area is 121 Å². The number of aromatic nitrogens is 2. The first-order valence-electron chi connectivity index (χ1n) is 5.96. The Kier molecular flexibility index (Phi) is 4.91. The number of benzene rings is 1. The second-order valence-corrected chi connectivity index (χ2v) is 4.93. The quantitative estimate of drug-likeness (QED) is 0.916. The van der Waals surface area contributed by atoms with Crippen molar-refractivity contribution >= 4 is 17.6 Å². The fourth-order valence-electron chi connectivity index (χ4n) is 1.78. The molecule has 0 aliphatic carbocycles. The molecule has 0 radical (unpaired) electrons. The van der Waals surface area contributed by atoms with Gasteiger partial charge in [-0.3, -0.25) is 0 Å². The smallest absolute Gasteiger partial charge is 0.182 e. The van der Waals surface area contributed by atoms with E-state index in [-0.39, 0.29) is 11.5 Å². The van der Waals surface area contributed by atoms with Crippen molar-refractivity contribution in [2.45, 2.75) is 12.3 Å². The molecule has 0 unspecified atom stereocenters. The van der Waals surface area contributed by atoms with Crippen LogP contribution in [0.1, 0.15) is 16.8 Å². The van der Waals surface area contributed by atoms with Crippen LogP contribution in [-0.2, 0) is 12.3 Å². The number of anilines is 1. The standard InChI is InChI=1S/C14H13FN4S/c1-20-9-11-6-12(15)3-2-10(11)8-19-14-13(7-16)17-4-5-18-14/h2-6H,8-9H2,1H3,(H,18,19). The first-order chi connectivity index (χ1) is 9.74. The molecular formula is C14H13FN4S. The third kappa shape index (κ3) is 3.45. The number of halogens is 1. The van der Waals surface area contributed by atoms with E-state index in [4.69, 9.17) is 5.26 Å². The van der Waals surface area contributed by atoms with Crippen molar-refractivity contribution in [3.63, 3.8) is 0 Å². The number of nitrogens with zero attached hydrogens (tertiary/aromatic N) is 3. The number of nitriles is 1. The van der Waals surface area contributed by atoms with Crippen LogP contribution >= 0.6 is 11.8 Å². The van der Waals surface area contributed by atoms with Gasteiger partial charge in [0.1, 0.15) is 11.9 Å². The van der Waals surface area contributed by atoms with Crippen LogP contribution in [0.4, 0.5) is 10.2 Å². The van der Waals surface area contributed by atoms with Crippen LogP contribution in [-0.4, -0.2) is 16.2 Å². The zero-order chi connectivity index (χ0) is 14.4. The molecule has 0 bridgehead atoms.